The molecule has 15 rings (SSSR count). The minimum atomic E-state index is -0.0969. The Labute approximate surface area is 437 Å². The van der Waals surface area contributed by atoms with Crippen LogP contribution < -0.4 is 31.1 Å². The molecule has 4 aliphatic rings. The van der Waals surface area contributed by atoms with Gasteiger partial charge in [-0.1, -0.05) is 156 Å². The summed E-state index contributed by atoms with van der Waals surface area (Å²) in [5, 5.41) is 5.24. The predicted octanol–water partition coefficient (Wildman–Crippen LogP) is 17.5. The molecule has 73 heavy (non-hydrogen) atoms. The van der Waals surface area contributed by atoms with Crippen molar-refractivity contribution in [2.75, 3.05) is 14.7 Å². The fourth-order valence-electron chi connectivity index (χ4n) is 14.0. The van der Waals surface area contributed by atoms with E-state index in [2.05, 4.69) is 238 Å². The van der Waals surface area contributed by atoms with Gasteiger partial charge in [-0.2, -0.15) is 0 Å². The summed E-state index contributed by atoms with van der Waals surface area (Å²) in [6, 6.07) is 70.3. The van der Waals surface area contributed by atoms with Gasteiger partial charge in [0.2, 0.25) is 0 Å². The van der Waals surface area contributed by atoms with Crippen molar-refractivity contribution in [2.45, 2.75) is 83.6 Å². The van der Waals surface area contributed by atoms with Crippen LogP contribution >= 0.6 is 22.7 Å². The van der Waals surface area contributed by atoms with Crippen LogP contribution in [0.25, 0.3) is 51.5 Å². The average Bonchev–Trinajstić information content (AvgIpc) is 4.05. The van der Waals surface area contributed by atoms with E-state index in [0.29, 0.717) is 0 Å². The van der Waals surface area contributed by atoms with Crippen molar-refractivity contribution in [3.63, 3.8) is 0 Å². The summed E-state index contributed by atoms with van der Waals surface area (Å²) in [4.78, 5) is 8.11. The molecule has 3 nitrogen and oxygen atoms in total. The lowest BCUT2D eigenvalue weighted by Crippen LogP contribution is -2.61. The third-order valence-corrected chi connectivity index (χ3v) is 20.1. The Morgan fingerprint density at radius 1 is 0.493 bits per heavy atom. The first kappa shape index (κ1) is 43.5. The number of anilines is 8. The summed E-state index contributed by atoms with van der Waals surface area (Å²) in [6.45, 7) is 14.5. The highest BCUT2D eigenvalue weighted by Crippen LogP contribution is 2.62. The summed E-state index contributed by atoms with van der Waals surface area (Å²) >= 11 is 3.82. The van der Waals surface area contributed by atoms with Crippen molar-refractivity contribution in [1.29, 1.82) is 0 Å². The first-order chi connectivity index (χ1) is 35.5. The summed E-state index contributed by atoms with van der Waals surface area (Å²) in [5.74, 6) is 0. The zero-order chi connectivity index (χ0) is 49.1. The standard InChI is InChI=1S/C67H56BN3S2/c1-41-36-57-63-58(37-41)70(55-24-16-22-47-46-20-10-12-25-59(46)73-64(47)55)56-40-45(71-52-33-29-44(65(2,3)4)39-49(52)66(5)34-14-15-35-67(66,71)6)30-31-50(56)68(63)51-38-43(42-18-8-7-9-19-42)28-32-53(51)69(57)54-23-17-27-61-62(54)48-21-11-13-26-60(48)72-61/h7-13,16-33,36-40H,14-15,34-35H2,1-6H3. The van der Waals surface area contributed by atoms with Gasteiger partial charge in [-0.15, -0.1) is 22.7 Å². The van der Waals surface area contributed by atoms with Gasteiger partial charge in [-0.3, -0.25) is 0 Å². The van der Waals surface area contributed by atoms with Crippen LogP contribution in [0.3, 0.4) is 0 Å². The highest BCUT2D eigenvalue weighted by molar-refractivity contribution is 7.26. The van der Waals surface area contributed by atoms with Crippen LogP contribution in [0, 0.1) is 6.92 Å². The number of aryl methyl sites for hydroxylation is 1. The van der Waals surface area contributed by atoms with Crippen LogP contribution in [-0.2, 0) is 10.8 Å². The van der Waals surface area contributed by atoms with E-state index in [9.17, 15) is 0 Å². The molecule has 0 N–H and O–H groups in total. The van der Waals surface area contributed by atoms with Gasteiger partial charge in [-0.05, 0) is 143 Å². The van der Waals surface area contributed by atoms with Crippen LogP contribution in [0.5, 0.6) is 0 Å². The summed E-state index contributed by atoms with van der Waals surface area (Å²) in [5.41, 5.74) is 20.7. The second-order valence-corrected chi connectivity index (χ2v) is 25.0. The van der Waals surface area contributed by atoms with E-state index in [0.717, 1.165) is 6.42 Å². The molecule has 2 aromatic heterocycles. The Bertz CT molecular complexity index is 4120. The maximum atomic E-state index is 2.79. The molecule has 5 heterocycles. The normalized spacial score (nSPS) is 18.9. The number of fused-ring (bicyclic) bond motifs is 13. The van der Waals surface area contributed by atoms with E-state index in [-0.39, 0.29) is 23.1 Å². The number of hydrogen-bond acceptors (Lipinski definition) is 5. The van der Waals surface area contributed by atoms with Gasteiger partial charge >= 0.3 is 0 Å². The zero-order valence-corrected chi connectivity index (χ0v) is 44.0. The van der Waals surface area contributed by atoms with E-state index in [1.54, 1.807) is 0 Å². The number of rotatable bonds is 4. The van der Waals surface area contributed by atoms with E-state index >= 15 is 0 Å². The Morgan fingerprint density at radius 3 is 1.97 bits per heavy atom. The lowest BCUT2D eigenvalue weighted by molar-refractivity contribution is 0.195. The van der Waals surface area contributed by atoms with E-state index in [4.69, 9.17) is 0 Å². The van der Waals surface area contributed by atoms with Crippen LogP contribution in [0.2, 0.25) is 0 Å². The molecule has 0 saturated heterocycles. The highest BCUT2D eigenvalue weighted by atomic mass is 32.1. The molecule has 354 valence electrons. The Kier molecular flexibility index (Phi) is 9.20. The molecule has 0 spiro atoms. The molecule has 2 unspecified atom stereocenters. The first-order valence-electron chi connectivity index (χ1n) is 26.3. The molecule has 1 aliphatic carbocycles. The smallest absolute Gasteiger partial charge is 0.252 e. The van der Waals surface area contributed by atoms with Crippen LogP contribution in [-0.4, -0.2) is 12.3 Å². The molecular formula is C67H56BN3S2. The lowest BCUT2D eigenvalue weighted by Gasteiger charge is -2.50. The minimum absolute atomic E-state index is 0.00889. The second-order valence-electron chi connectivity index (χ2n) is 22.8. The molecule has 9 aromatic carbocycles. The predicted molar refractivity (Wildman–Crippen MR) is 318 cm³/mol. The number of hydrogen-bond donors (Lipinski definition) is 0. The molecule has 1 saturated carbocycles. The zero-order valence-electron chi connectivity index (χ0n) is 42.4. The quantitative estimate of drug-likeness (QED) is 0.163. The van der Waals surface area contributed by atoms with E-state index in [1.807, 2.05) is 22.7 Å². The molecule has 0 amide bonds. The van der Waals surface area contributed by atoms with Gasteiger partial charge in [-0.25, -0.2) is 0 Å². The summed E-state index contributed by atoms with van der Waals surface area (Å²) < 4.78 is 5.26. The molecular weight excluding hydrogens is 922 g/mol. The number of nitrogens with zero attached hydrogens (tertiary/aromatic N) is 3. The molecule has 1 fully saturated rings. The van der Waals surface area contributed by atoms with Crippen molar-refractivity contribution < 1.29 is 0 Å². The highest BCUT2D eigenvalue weighted by Gasteiger charge is 2.58. The van der Waals surface area contributed by atoms with Gasteiger partial charge in [0, 0.05) is 75.2 Å². The fourth-order valence-corrected chi connectivity index (χ4v) is 16.4. The van der Waals surface area contributed by atoms with Gasteiger partial charge < -0.3 is 14.7 Å². The maximum Gasteiger partial charge on any atom is 0.252 e. The minimum Gasteiger partial charge on any atom is -0.334 e. The molecule has 0 radical (unpaired) electrons. The van der Waals surface area contributed by atoms with Crippen molar-refractivity contribution in [1.82, 2.24) is 0 Å². The van der Waals surface area contributed by atoms with E-state index in [1.165, 1.54) is 149 Å². The lowest BCUT2D eigenvalue weighted by atomic mass is 9.33. The molecule has 3 aliphatic heterocycles. The molecule has 11 aromatic rings. The SMILES string of the molecule is Cc1cc2c3c(c1)N(c1cccc4sc5ccccc5c14)c1ccc(-c4ccccc4)cc1B3c1ccc(N3c4ccc(C(C)(C)C)cc4C4(C)CCCCC34C)cc1N2c1cccc2c1sc1ccccc12. The monoisotopic (exact) mass is 977 g/mol. The van der Waals surface area contributed by atoms with Crippen LogP contribution in [0.4, 0.5) is 45.5 Å². The van der Waals surface area contributed by atoms with Crippen molar-refractivity contribution in [3.8, 4) is 11.1 Å². The van der Waals surface area contributed by atoms with Crippen molar-refractivity contribution >= 4 is 132 Å². The van der Waals surface area contributed by atoms with Crippen molar-refractivity contribution in [3.05, 3.63) is 199 Å². The third kappa shape index (κ3) is 6.05. The summed E-state index contributed by atoms with van der Waals surface area (Å²) in [7, 11) is 0. The van der Waals surface area contributed by atoms with E-state index < -0.39 is 0 Å². The average molecular weight is 978 g/mol. The van der Waals surface area contributed by atoms with Crippen LogP contribution in [0.15, 0.2) is 182 Å². The van der Waals surface area contributed by atoms with Gasteiger partial charge in [0.05, 0.1) is 21.6 Å². The Hall–Kier alpha value is -7.12. The Morgan fingerprint density at radius 2 is 1.16 bits per heavy atom. The van der Waals surface area contributed by atoms with Crippen molar-refractivity contribution in [2.24, 2.45) is 0 Å². The molecule has 0 bridgehead atoms. The number of benzene rings is 9. The van der Waals surface area contributed by atoms with Gasteiger partial charge in [0.25, 0.3) is 6.71 Å². The summed E-state index contributed by atoms with van der Waals surface area (Å²) in [6.07, 6.45) is 4.83. The first-order valence-corrected chi connectivity index (χ1v) is 28.0. The second kappa shape index (κ2) is 15.5. The van der Waals surface area contributed by atoms with Gasteiger partial charge in [0.1, 0.15) is 0 Å². The van der Waals surface area contributed by atoms with Crippen LogP contribution in [0.1, 0.15) is 77.0 Å². The Balaban J connectivity index is 1.04. The largest absolute Gasteiger partial charge is 0.334 e. The fraction of sp³-hybridized carbons (Fsp3) is 0.194. The number of thiophene rings is 2. The topological polar surface area (TPSA) is 9.72 Å². The van der Waals surface area contributed by atoms with Gasteiger partial charge in [0.15, 0.2) is 0 Å². The molecule has 2 atom stereocenters. The molecule has 6 heteroatoms. The third-order valence-electron chi connectivity index (χ3n) is 17.8. The maximum absolute atomic E-state index is 2.79.